The minimum Gasteiger partial charge on any atom is -0.481 e. The van der Waals surface area contributed by atoms with Gasteiger partial charge in [0.1, 0.15) is 0 Å². The minimum atomic E-state index is -0.842. The van der Waals surface area contributed by atoms with E-state index >= 15 is 0 Å². The van der Waals surface area contributed by atoms with E-state index in [0.717, 1.165) is 0 Å². The van der Waals surface area contributed by atoms with Gasteiger partial charge in [0.15, 0.2) is 0 Å². The first-order chi connectivity index (χ1) is 8.39. The number of carboxylic acid groups (broad SMARTS) is 1. The Morgan fingerprint density at radius 2 is 2.22 bits per heavy atom. The lowest BCUT2D eigenvalue weighted by atomic mass is 9.90. The summed E-state index contributed by atoms with van der Waals surface area (Å²) >= 11 is 0. The Labute approximate surface area is 107 Å². The molecule has 1 fully saturated rings. The highest BCUT2D eigenvalue weighted by atomic mass is 16.5. The number of hydrogen-bond donors (Lipinski definition) is 2. The second kappa shape index (κ2) is 6.04. The molecule has 1 aliphatic rings. The molecule has 1 aliphatic heterocycles. The Bertz CT molecular complexity index is 321. The van der Waals surface area contributed by atoms with Gasteiger partial charge in [-0.25, -0.2) is 4.79 Å². The van der Waals surface area contributed by atoms with Crippen LogP contribution in [0.3, 0.4) is 0 Å². The fraction of sp³-hybridized carbons (Fsp3) is 0.833. The highest BCUT2D eigenvalue weighted by Crippen LogP contribution is 2.29. The highest BCUT2D eigenvalue weighted by molar-refractivity contribution is 5.79. The van der Waals surface area contributed by atoms with E-state index in [-0.39, 0.29) is 18.5 Å². The van der Waals surface area contributed by atoms with E-state index in [2.05, 4.69) is 5.32 Å². The largest absolute Gasteiger partial charge is 0.481 e. The Hall–Kier alpha value is -1.30. The summed E-state index contributed by atoms with van der Waals surface area (Å²) in [6, 6.07) is -0.192. The molecule has 2 amide bonds. The SMILES string of the molecule is COCC(C)CNC(=O)N1CCC(C)(C(=O)O)C1. The van der Waals surface area contributed by atoms with Crippen LogP contribution >= 0.6 is 0 Å². The zero-order chi connectivity index (χ0) is 13.8. The van der Waals surface area contributed by atoms with Crippen molar-refractivity contribution in [3.8, 4) is 0 Å². The van der Waals surface area contributed by atoms with Crippen molar-refractivity contribution in [3.63, 3.8) is 0 Å². The molecule has 0 saturated carbocycles. The quantitative estimate of drug-likeness (QED) is 0.763. The second-order valence-electron chi connectivity index (χ2n) is 5.28. The molecule has 0 aromatic rings. The average Bonchev–Trinajstić information content (AvgIpc) is 2.71. The van der Waals surface area contributed by atoms with Crippen molar-refractivity contribution in [2.45, 2.75) is 20.3 Å². The maximum atomic E-state index is 11.8. The van der Waals surface area contributed by atoms with Gasteiger partial charge in [0.2, 0.25) is 0 Å². The number of carboxylic acids is 1. The van der Waals surface area contributed by atoms with Crippen LogP contribution in [0.15, 0.2) is 0 Å². The van der Waals surface area contributed by atoms with E-state index in [1.54, 1.807) is 18.9 Å². The van der Waals surface area contributed by atoms with Crippen LogP contribution in [0.25, 0.3) is 0 Å². The molecule has 0 aliphatic carbocycles. The first-order valence-corrected chi connectivity index (χ1v) is 6.14. The normalized spacial score (nSPS) is 24.9. The van der Waals surface area contributed by atoms with Crippen LogP contribution in [0.1, 0.15) is 20.3 Å². The average molecular weight is 258 g/mol. The first kappa shape index (κ1) is 14.8. The van der Waals surface area contributed by atoms with Crippen LogP contribution in [0.5, 0.6) is 0 Å². The summed E-state index contributed by atoms with van der Waals surface area (Å²) in [5.41, 5.74) is -0.810. The van der Waals surface area contributed by atoms with Crippen LogP contribution in [0, 0.1) is 11.3 Å². The number of nitrogens with zero attached hydrogens (tertiary/aromatic N) is 1. The molecular weight excluding hydrogens is 236 g/mol. The third kappa shape index (κ3) is 3.60. The molecule has 6 nitrogen and oxygen atoms in total. The number of rotatable bonds is 5. The zero-order valence-electron chi connectivity index (χ0n) is 11.2. The monoisotopic (exact) mass is 258 g/mol. The molecule has 0 bridgehead atoms. The van der Waals surface area contributed by atoms with Crippen molar-refractivity contribution < 1.29 is 19.4 Å². The van der Waals surface area contributed by atoms with Gasteiger partial charge in [0.25, 0.3) is 0 Å². The number of aliphatic carboxylic acids is 1. The van der Waals surface area contributed by atoms with Crippen LogP contribution in [-0.4, -0.2) is 55.4 Å². The molecule has 104 valence electrons. The molecule has 2 atom stereocenters. The Kier molecular flexibility index (Phi) is 4.95. The Balaban J connectivity index is 2.39. The topological polar surface area (TPSA) is 78.9 Å². The summed E-state index contributed by atoms with van der Waals surface area (Å²) in [6.07, 6.45) is 0.503. The molecule has 2 N–H and O–H groups in total. The van der Waals surface area contributed by atoms with Gasteiger partial charge in [-0.2, -0.15) is 0 Å². The summed E-state index contributed by atoms with van der Waals surface area (Å²) in [4.78, 5) is 24.5. The lowest BCUT2D eigenvalue weighted by Gasteiger charge is -2.21. The molecule has 0 aromatic heterocycles. The molecule has 0 spiro atoms. The number of nitrogens with one attached hydrogen (secondary N) is 1. The number of urea groups is 1. The first-order valence-electron chi connectivity index (χ1n) is 6.14. The fourth-order valence-electron chi connectivity index (χ4n) is 2.03. The Morgan fingerprint density at radius 1 is 1.56 bits per heavy atom. The van der Waals surface area contributed by atoms with E-state index < -0.39 is 11.4 Å². The molecule has 1 heterocycles. The summed E-state index contributed by atoms with van der Waals surface area (Å²) in [6.45, 7) is 5.55. The van der Waals surface area contributed by atoms with E-state index in [9.17, 15) is 9.59 Å². The van der Waals surface area contributed by atoms with Crippen molar-refractivity contribution in [2.75, 3.05) is 33.4 Å². The molecule has 18 heavy (non-hydrogen) atoms. The van der Waals surface area contributed by atoms with Gasteiger partial charge in [-0.3, -0.25) is 4.79 Å². The third-order valence-electron chi connectivity index (χ3n) is 3.33. The van der Waals surface area contributed by atoms with Gasteiger partial charge < -0.3 is 20.1 Å². The predicted octanol–water partition coefficient (Wildman–Crippen LogP) is 0.775. The maximum absolute atomic E-state index is 11.8. The smallest absolute Gasteiger partial charge is 0.317 e. The third-order valence-corrected chi connectivity index (χ3v) is 3.33. The molecule has 1 rings (SSSR count). The van der Waals surface area contributed by atoms with Crippen LogP contribution in [0.2, 0.25) is 0 Å². The summed E-state index contributed by atoms with van der Waals surface area (Å²) in [5, 5.41) is 11.9. The van der Waals surface area contributed by atoms with Crippen LogP contribution < -0.4 is 5.32 Å². The molecule has 2 unspecified atom stereocenters. The van der Waals surface area contributed by atoms with Crippen LogP contribution in [0.4, 0.5) is 4.79 Å². The van der Waals surface area contributed by atoms with Crippen molar-refractivity contribution in [3.05, 3.63) is 0 Å². The lowest BCUT2D eigenvalue weighted by molar-refractivity contribution is -0.146. The molecular formula is C12H22N2O4. The number of likely N-dealkylation sites (tertiary alicyclic amines) is 1. The van der Waals surface area contributed by atoms with Gasteiger partial charge in [0, 0.05) is 26.7 Å². The van der Waals surface area contributed by atoms with E-state index in [1.165, 1.54) is 0 Å². The summed E-state index contributed by atoms with van der Waals surface area (Å²) in [5.74, 6) is -0.599. The van der Waals surface area contributed by atoms with E-state index in [0.29, 0.717) is 26.1 Å². The predicted molar refractivity (Wildman–Crippen MR) is 66.4 cm³/mol. The number of carbonyl (C=O) groups excluding carboxylic acids is 1. The summed E-state index contributed by atoms with van der Waals surface area (Å²) < 4.78 is 4.98. The van der Waals surface area contributed by atoms with E-state index in [4.69, 9.17) is 9.84 Å². The van der Waals surface area contributed by atoms with Crippen LogP contribution in [-0.2, 0) is 9.53 Å². The van der Waals surface area contributed by atoms with Crippen molar-refractivity contribution >= 4 is 12.0 Å². The molecule has 0 radical (unpaired) electrons. The van der Waals surface area contributed by atoms with Crippen molar-refractivity contribution in [1.82, 2.24) is 10.2 Å². The van der Waals surface area contributed by atoms with Gasteiger partial charge in [-0.05, 0) is 19.3 Å². The minimum absolute atomic E-state index is 0.192. The van der Waals surface area contributed by atoms with Crippen molar-refractivity contribution in [1.29, 1.82) is 0 Å². The zero-order valence-corrected chi connectivity index (χ0v) is 11.2. The standard InChI is InChI=1S/C12H22N2O4/c1-9(7-18-3)6-13-11(17)14-5-4-12(2,8-14)10(15)16/h9H,4-8H2,1-3H3,(H,13,17)(H,15,16). The number of amides is 2. The number of hydrogen-bond acceptors (Lipinski definition) is 3. The number of methoxy groups -OCH3 is 1. The second-order valence-corrected chi connectivity index (χ2v) is 5.28. The van der Waals surface area contributed by atoms with Gasteiger partial charge in [0.05, 0.1) is 12.0 Å². The van der Waals surface area contributed by atoms with Gasteiger partial charge >= 0.3 is 12.0 Å². The highest BCUT2D eigenvalue weighted by Gasteiger charge is 2.42. The lowest BCUT2D eigenvalue weighted by Crippen LogP contribution is -2.42. The number of ether oxygens (including phenoxy) is 1. The Morgan fingerprint density at radius 3 is 2.72 bits per heavy atom. The molecule has 6 heteroatoms. The van der Waals surface area contributed by atoms with Gasteiger partial charge in [-0.15, -0.1) is 0 Å². The van der Waals surface area contributed by atoms with Gasteiger partial charge in [-0.1, -0.05) is 6.92 Å². The molecule has 0 aromatic carbocycles. The van der Waals surface area contributed by atoms with E-state index in [1.807, 2.05) is 6.92 Å². The fourth-order valence-corrected chi connectivity index (χ4v) is 2.03. The van der Waals surface area contributed by atoms with Crippen molar-refractivity contribution in [2.24, 2.45) is 11.3 Å². The summed E-state index contributed by atoms with van der Waals surface area (Å²) in [7, 11) is 1.62. The maximum Gasteiger partial charge on any atom is 0.317 e. The molecule has 1 saturated heterocycles. The number of carbonyl (C=O) groups is 2.